The van der Waals surface area contributed by atoms with Crippen LogP contribution in [-0.2, 0) is 11.3 Å². The molecule has 1 atom stereocenters. The van der Waals surface area contributed by atoms with Crippen molar-refractivity contribution in [2.75, 3.05) is 32.7 Å². The third-order valence-electron chi connectivity index (χ3n) is 5.73. The second-order valence-corrected chi connectivity index (χ2v) is 8.71. The van der Waals surface area contributed by atoms with Gasteiger partial charge in [-0.2, -0.15) is 0 Å². The minimum absolute atomic E-state index is 0.116. The van der Waals surface area contributed by atoms with Gasteiger partial charge in [-0.15, -0.1) is 0 Å². The van der Waals surface area contributed by atoms with Crippen molar-refractivity contribution in [1.29, 1.82) is 0 Å². The van der Waals surface area contributed by atoms with Gasteiger partial charge < -0.3 is 5.32 Å². The lowest BCUT2D eigenvalue weighted by Crippen LogP contribution is -2.64. The highest BCUT2D eigenvalue weighted by atomic mass is 16.2. The van der Waals surface area contributed by atoms with Gasteiger partial charge in [-0.1, -0.05) is 44.2 Å². The molecule has 2 saturated heterocycles. The maximum absolute atomic E-state index is 12.9. The summed E-state index contributed by atoms with van der Waals surface area (Å²) in [5.74, 6) is 0.868. The number of carbonyl (C=O) groups is 1. The van der Waals surface area contributed by atoms with Gasteiger partial charge in [0, 0.05) is 50.7 Å². The van der Waals surface area contributed by atoms with Gasteiger partial charge in [-0.3, -0.25) is 14.6 Å². The van der Waals surface area contributed by atoms with Crippen molar-refractivity contribution in [3.05, 3.63) is 35.9 Å². The molecule has 2 fully saturated rings. The minimum Gasteiger partial charge on any atom is -0.356 e. The van der Waals surface area contributed by atoms with E-state index >= 15 is 0 Å². The summed E-state index contributed by atoms with van der Waals surface area (Å²) in [6, 6.07) is 11.2. The number of carbonyl (C=O) groups excluding carboxylic acids is 1. The summed E-state index contributed by atoms with van der Waals surface area (Å²) in [5, 5.41) is 3.19. The van der Waals surface area contributed by atoms with E-state index in [2.05, 4.69) is 73.1 Å². The van der Waals surface area contributed by atoms with Crippen molar-refractivity contribution in [3.8, 4) is 0 Å². The fraction of sp³-hybridized carbons (Fsp3) is 0.667. The van der Waals surface area contributed by atoms with E-state index < -0.39 is 0 Å². The second-order valence-electron chi connectivity index (χ2n) is 8.71. The third-order valence-corrected chi connectivity index (χ3v) is 5.73. The number of nitrogens with zero attached hydrogens (tertiary/aromatic N) is 2. The molecule has 0 bridgehead atoms. The summed E-state index contributed by atoms with van der Waals surface area (Å²) in [6.07, 6.45) is 0. The maximum atomic E-state index is 12.9. The van der Waals surface area contributed by atoms with Crippen LogP contribution in [0.15, 0.2) is 30.3 Å². The number of amides is 1. The van der Waals surface area contributed by atoms with Gasteiger partial charge in [-0.05, 0) is 25.3 Å². The van der Waals surface area contributed by atoms with Crippen LogP contribution < -0.4 is 5.32 Å². The molecule has 1 amide bonds. The lowest BCUT2D eigenvalue weighted by atomic mass is 9.70. The van der Waals surface area contributed by atoms with Gasteiger partial charge >= 0.3 is 0 Å². The number of nitrogens with one attached hydrogen (secondary N) is 1. The first-order valence-electron chi connectivity index (χ1n) is 9.68. The van der Waals surface area contributed by atoms with Gasteiger partial charge in [0.25, 0.3) is 0 Å². The van der Waals surface area contributed by atoms with Crippen molar-refractivity contribution < 1.29 is 4.79 Å². The highest BCUT2D eigenvalue weighted by Gasteiger charge is 2.56. The Hall–Kier alpha value is -1.39. The van der Waals surface area contributed by atoms with Crippen molar-refractivity contribution in [1.82, 2.24) is 15.1 Å². The number of hydrogen-bond acceptors (Lipinski definition) is 3. The Morgan fingerprint density at radius 2 is 1.84 bits per heavy atom. The fourth-order valence-corrected chi connectivity index (χ4v) is 4.27. The molecule has 4 heteroatoms. The number of likely N-dealkylation sites (tertiary alicyclic amines) is 2. The summed E-state index contributed by atoms with van der Waals surface area (Å²) in [4.78, 5) is 17.8. The van der Waals surface area contributed by atoms with Crippen molar-refractivity contribution >= 4 is 5.91 Å². The topological polar surface area (TPSA) is 35.6 Å². The first-order chi connectivity index (χ1) is 11.9. The van der Waals surface area contributed by atoms with E-state index in [4.69, 9.17) is 0 Å². The summed E-state index contributed by atoms with van der Waals surface area (Å²) in [7, 11) is 0. The molecule has 1 unspecified atom stereocenters. The van der Waals surface area contributed by atoms with Crippen LogP contribution in [0.1, 0.15) is 33.3 Å². The largest absolute Gasteiger partial charge is 0.356 e. The summed E-state index contributed by atoms with van der Waals surface area (Å²) in [6.45, 7) is 14.5. The van der Waals surface area contributed by atoms with Crippen molar-refractivity contribution in [2.24, 2.45) is 17.3 Å². The molecule has 2 aliphatic rings. The van der Waals surface area contributed by atoms with E-state index in [9.17, 15) is 4.79 Å². The molecule has 1 N–H and O–H groups in total. The van der Waals surface area contributed by atoms with Crippen molar-refractivity contribution in [3.63, 3.8) is 0 Å². The van der Waals surface area contributed by atoms with Crippen LogP contribution in [0.3, 0.4) is 0 Å². The Balaban J connectivity index is 1.68. The standard InChI is InChI=1S/C21H33N3O/c1-16(2)10-22-20(25)19-12-23(11-18-8-6-5-7-9-18)13-21(19)14-24(15-21)17(3)4/h5-9,16-17,19H,10-15H2,1-4H3,(H,22,25). The first-order valence-corrected chi connectivity index (χ1v) is 9.68. The monoisotopic (exact) mass is 343 g/mol. The van der Waals surface area contributed by atoms with Crippen LogP contribution in [0.25, 0.3) is 0 Å². The SMILES string of the molecule is CC(C)CNC(=O)C1CN(Cc2ccccc2)CC12CN(C(C)C)C2. The third kappa shape index (κ3) is 4.06. The Morgan fingerprint density at radius 1 is 1.16 bits per heavy atom. The number of rotatable bonds is 6. The van der Waals surface area contributed by atoms with E-state index in [0.717, 1.165) is 39.3 Å². The molecule has 3 rings (SSSR count). The highest BCUT2D eigenvalue weighted by molar-refractivity contribution is 5.80. The molecular formula is C21H33N3O. The molecule has 0 saturated carbocycles. The van der Waals surface area contributed by atoms with Crippen molar-refractivity contribution in [2.45, 2.75) is 40.3 Å². The molecule has 138 valence electrons. The molecule has 0 radical (unpaired) electrons. The van der Waals surface area contributed by atoms with Crippen LogP contribution in [0, 0.1) is 17.3 Å². The molecule has 2 aliphatic heterocycles. The smallest absolute Gasteiger partial charge is 0.225 e. The van der Waals surface area contributed by atoms with Crippen LogP contribution in [-0.4, -0.2) is 54.5 Å². The Morgan fingerprint density at radius 3 is 2.44 bits per heavy atom. The predicted octanol–water partition coefficient (Wildman–Crippen LogP) is 2.60. The van der Waals surface area contributed by atoms with Crippen LogP contribution in [0.4, 0.5) is 0 Å². The maximum Gasteiger partial charge on any atom is 0.225 e. The average molecular weight is 344 g/mol. The summed E-state index contributed by atoms with van der Waals surface area (Å²) >= 11 is 0. The molecule has 1 aromatic rings. The molecule has 0 aliphatic carbocycles. The average Bonchev–Trinajstić information content (AvgIpc) is 2.91. The van der Waals surface area contributed by atoms with Gasteiger partial charge in [0.2, 0.25) is 5.91 Å². The van der Waals surface area contributed by atoms with E-state index in [1.165, 1.54) is 5.56 Å². The van der Waals surface area contributed by atoms with Crippen LogP contribution in [0.5, 0.6) is 0 Å². The van der Waals surface area contributed by atoms with Gasteiger partial charge in [0.05, 0.1) is 5.92 Å². The lowest BCUT2D eigenvalue weighted by molar-refractivity contribution is -0.133. The zero-order valence-electron chi connectivity index (χ0n) is 16.2. The Kier molecular flexibility index (Phi) is 5.49. The summed E-state index contributed by atoms with van der Waals surface area (Å²) < 4.78 is 0. The lowest BCUT2D eigenvalue weighted by Gasteiger charge is -2.52. The molecule has 2 heterocycles. The first kappa shape index (κ1) is 18.4. The fourth-order valence-electron chi connectivity index (χ4n) is 4.27. The number of benzene rings is 1. The van der Waals surface area contributed by atoms with Gasteiger partial charge in [-0.25, -0.2) is 0 Å². The molecule has 1 spiro atoms. The molecule has 4 nitrogen and oxygen atoms in total. The molecule has 25 heavy (non-hydrogen) atoms. The van der Waals surface area contributed by atoms with E-state index in [-0.39, 0.29) is 17.2 Å². The number of hydrogen-bond donors (Lipinski definition) is 1. The van der Waals surface area contributed by atoms with E-state index in [0.29, 0.717) is 12.0 Å². The molecule has 0 aromatic heterocycles. The van der Waals surface area contributed by atoms with Crippen LogP contribution in [0.2, 0.25) is 0 Å². The predicted molar refractivity (Wildman–Crippen MR) is 102 cm³/mol. The zero-order chi connectivity index (χ0) is 18.0. The normalized spacial score (nSPS) is 23.4. The quantitative estimate of drug-likeness (QED) is 0.862. The second kappa shape index (κ2) is 7.46. The molecule has 1 aromatic carbocycles. The van der Waals surface area contributed by atoms with Gasteiger partial charge in [0.15, 0.2) is 0 Å². The Labute approximate surface area is 152 Å². The van der Waals surface area contributed by atoms with E-state index in [1.807, 2.05) is 0 Å². The Bertz CT molecular complexity index is 578. The van der Waals surface area contributed by atoms with E-state index in [1.54, 1.807) is 0 Å². The highest BCUT2D eigenvalue weighted by Crippen LogP contribution is 2.45. The zero-order valence-corrected chi connectivity index (χ0v) is 16.2. The van der Waals surface area contributed by atoms with Crippen LogP contribution >= 0.6 is 0 Å². The van der Waals surface area contributed by atoms with Gasteiger partial charge in [0.1, 0.15) is 0 Å². The summed E-state index contributed by atoms with van der Waals surface area (Å²) in [5.41, 5.74) is 1.47. The molecular weight excluding hydrogens is 310 g/mol. The minimum atomic E-state index is 0.116.